The number of aliphatic hydroxyl groups is 1. The van der Waals surface area contributed by atoms with Crippen LogP contribution in [0, 0.1) is 17.3 Å². The van der Waals surface area contributed by atoms with Crippen molar-refractivity contribution in [1.82, 2.24) is 0 Å². The largest absolute Gasteiger partial charge is 0.460 e. The van der Waals surface area contributed by atoms with Crippen molar-refractivity contribution in [2.45, 2.75) is 97.8 Å². The van der Waals surface area contributed by atoms with Crippen LogP contribution in [-0.4, -0.2) is 35.9 Å². The second-order valence-electron chi connectivity index (χ2n) is 9.08. The van der Waals surface area contributed by atoms with Crippen molar-refractivity contribution >= 4 is 17.5 Å². The average Bonchev–Trinajstić information content (AvgIpc) is 3.08. The number of unbranched alkanes of at least 4 members (excludes halogenated alkanes) is 4. The van der Waals surface area contributed by atoms with Gasteiger partial charge in [0.1, 0.15) is 5.78 Å². The lowest BCUT2D eigenvalue weighted by atomic mass is 9.81. The minimum atomic E-state index is -0.726. The Kier molecular flexibility index (Phi) is 12.8. The number of ether oxygens (including phenoxy) is 1. The monoisotopic (exact) mass is 422 g/mol. The molecule has 30 heavy (non-hydrogen) atoms. The van der Waals surface area contributed by atoms with Crippen molar-refractivity contribution in [2.24, 2.45) is 17.3 Å². The molecule has 0 saturated heterocycles. The molecule has 0 aromatic carbocycles. The van der Waals surface area contributed by atoms with Crippen LogP contribution >= 0.6 is 0 Å². The van der Waals surface area contributed by atoms with Crippen molar-refractivity contribution in [2.75, 3.05) is 13.2 Å². The van der Waals surface area contributed by atoms with E-state index in [1.165, 1.54) is 0 Å². The summed E-state index contributed by atoms with van der Waals surface area (Å²) in [5, 5.41) is 9.74. The summed E-state index contributed by atoms with van der Waals surface area (Å²) >= 11 is 0. The Bertz CT molecular complexity index is 568. The molecule has 0 heterocycles. The molecule has 0 aromatic rings. The maximum Gasteiger partial charge on any atom is 0.374 e. The van der Waals surface area contributed by atoms with E-state index < -0.39 is 11.8 Å². The molecule has 172 valence electrons. The molecule has 1 saturated carbocycles. The fraction of sp³-hybridized carbons (Fsp3) is 0.800. The molecule has 0 spiro atoms. The molecule has 1 aliphatic rings. The van der Waals surface area contributed by atoms with Gasteiger partial charge in [0.25, 0.3) is 0 Å². The van der Waals surface area contributed by atoms with Crippen LogP contribution in [-0.2, 0) is 19.1 Å². The predicted molar refractivity (Wildman–Crippen MR) is 119 cm³/mol. The molecule has 0 bridgehead atoms. The van der Waals surface area contributed by atoms with E-state index in [-0.39, 0.29) is 31.0 Å². The molecule has 0 radical (unpaired) electrons. The molecule has 5 nitrogen and oxygen atoms in total. The van der Waals surface area contributed by atoms with Gasteiger partial charge >= 0.3 is 5.97 Å². The summed E-state index contributed by atoms with van der Waals surface area (Å²) in [5.74, 6) is -0.369. The molecule has 0 amide bonds. The molecule has 1 aliphatic carbocycles. The first-order valence-electron chi connectivity index (χ1n) is 11.9. The molecular formula is C25H42O5. The lowest BCUT2D eigenvalue weighted by molar-refractivity contribution is -0.153. The van der Waals surface area contributed by atoms with Gasteiger partial charge in [-0.15, -0.1) is 0 Å². The summed E-state index contributed by atoms with van der Waals surface area (Å²) < 4.78 is 4.71. The Morgan fingerprint density at radius 2 is 1.90 bits per heavy atom. The smallest absolute Gasteiger partial charge is 0.374 e. The van der Waals surface area contributed by atoms with Gasteiger partial charge in [-0.05, 0) is 50.4 Å². The first kappa shape index (κ1) is 26.5. The van der Waals surface area contributed by atoms with Gasteiger partial charge < -0.3 is 9.84 Å². The summed E-state index contributed by atoms with van der Waals surface area (Å²) in [5.41, 5.74) is -0.0639. The second kappa shape index (κ2) is 14.5. The Balaban J connectivity index is 2.34. The minimum Gasteiger partial charge on any atom is -0.460 e. The molecular weight excluding hydrogens is 380 g/mol. The van der Waals surface area contributed by atoms with Crippen LogP contribution in [0.4, 0.5) is 0 Å². The number of esters is 1. The van der Waals surface area contributed by atoms with Crippen LogP contribution in [0.15, 0.2) is 12.2 Å². The van der Waals surface area contributed by atoms with E-state index in [1.807, 2.05) is 0 Å². The first-order chi connectivity index (χ1) is 14.4. The van der Waals surface area contributed by atoms with Gasteiger partial charge in [-0.25, -0.2) is 4.79 Å². The third-order valence-corrected chi connectivity index (χ3v) is 6.34. The molecule has 3 atom stereocenters. The molecule has 1 N–H and O–H groups in total. The molecule has 0 aromatic heterocycles. The standard InChI is InChI=1S/C25H42O5/c1-4-6-17-25(3,19-26)18-11-12-20-15-16-22(27)21(20)13-9-7-8-10-14-23(28)24(29)30-5-2/h11-12,20-21,26H,4-10,13-19H2,1-3H3/t20-,21+,25?/m0/s1. The summed E-state index contributed by atoms with van der Waals surface area (Å²) in [6.07, 6.45) is 14.8. The maximum absolute atomic E-state index is 12.3. The maximum atomic E-state index is 12.3. The molecule has 5 heteroatoms. The number of ketones is 2. The highest BCUT2D eigenvalue weighted by Gasteiger charge is 2.32. The van der Waals surface area contributed by atoms with Crippen LogP contribution < -0.4 is 0 Å². The number of hydrogen-bond donors (Lipinski definition) is 1. The zero-order chi connectivity index (χ0) is 22.4. The highest BCUT2D eigenvalue weighted by Crippen LogP contribution is 2.35. The number of carbonyl (C=O) groups is 3. The number of hydrogen-bond acceptors (Lipinski definition) is 5. The number of allylic oxidation sites excluding steroid dienone is 2. The summed E-state index contributed by atoms with van der Waals surface area (Å²) in [6.45, 7) is 6.42. The minimum absolute atomic E-state index is 0.0639. The quantitative estimate of drug-likeness (QED) is 0.160. The number of carbonyl (C=O) groups excluding carboxylic acids is 3. The predicted octanol–water partition coefficient (Wildman–Crippen LogP) is 5.19. The summed E-state index contributed by atoms with van der Waals surface area (Å²) in [6, 6.07) is 0. The Labute approximate surface area is 182 Å². The Morgan fingerprint density at radius 3 is 2.57 bits per heavy atom. The lowest BCUT2D eigenvalue weighted by Gasteiger charge is -2.26. The van der Waals surface area contributed by atoms with E-state index >= 15 is 0 Å². The molecule has 1 unspecified atom stereocenters. The van der Waals surface area contributed by atoms with E-state index in [4.69, 9.17) is 4.74 Å². The van der Waals surface area contributed by atoms with E-state index in [0.29, 0.717) is 24.5 Å². The number of Topliss-reactive ketones (excluding diaryl/α,β-unsaturated/α-hetero) is 2. The first-order valence-corrected chi connectivity index (χ1v) is 11.9. The zero-order valence-corrected chi connectivity index (χ0v) is 19.3. The van der Waals surface area contributed by atoms with Crippen molar-refractivity contribution < 1.29 is 24.2 Å². The normalized spacial score (nSPS) is 21.1. The molecule has 1 fully saturated rings. The highest BCUT2D eigenvalue weighted by molar-refractivity contribution is 6.33. The van der Waals surface area contributed by atoms with Gasteiger partial charge in [-0.1, -0.05) is 58.1 Å². The van der Waals surface area contributed by atoms with Gasteiger partial charge in [-0.3, -0.25) is 9.59 Å². The van der Waals surface area contributed by atoms with Crippen molar-refractivity contribution in [1.29, 1.82) is 0 Å². The van der Waals surface area contributed by atoms with Gasteiger partial charge in [0, 0.05) is 25.4 Å². The van der Waals surface area contributed by atoms with Crippen LogP contribution in [0.2, 0.25) is 0 Å². The summed E-state index contributed by atoms with van der Waals surface area (Å²) in [7, 11) is 0. The highest BCUT2D eigenvalue weighted by atomic mass is 16.5. The van der Waals surface area contributed by atoms with Gasteiger partial charge in [-0.2, -0.15) is 0 Å². The Morgan fingerprint density at radius 1 is 1.17 bits per heavy atom. The second-order valence-corrected chi connectivity index (χ2v) is 9.08. The van der Waals surface area contributed by atoms with Gasteiger partial charge in [0.15, 0.2) is 0 Å². The van der Waals surface area contributed by atoms with Crippen LogP contribution in [0.1, 0.15) is 97.8 Å². The zero-order valence-electron chi connectivity index (χ0n) is 19.3. The van der Waals surface area contributed by atoms with Crippen molar-refractivity contribution in [3.05, 3.63) is 12.2 Å². The number of rotatable bonds is 16. The third kappa shape index (κ3) is 9.55. The molecule has 0 aliphatic heterocycles. The van der Waals surface area contributed by atoms with E-state index in [2.05, 4.69) is 26.0 Å². The fourth-order valence-corrected chi connectivity index (χ4v) is 4.23. The average molecular weight is 423 g/mol. The van der Waals surface area contributed by atoms with E-state index in [1.54, 1.807) is 6.92 Å². The third-order valence-electron chi connectivity index (χ3n) is 6.34. The van der Waals surface area contributed by atoms with Gasteiger partial charge in [0.2, 0.25) is 5.78 Å². The molecule has 1 rings (SSSR count). The van der Waals surface area contributed by atoms with Crippen LogP contribution in [0.25, 0.3) is 0 Å². The fourth-order valence-electron chi connectivity index (χ4n) is 4.23. The van der Waals surface area contributed by atoms with Crippen molar-refractivity contribution in [3.63, 3.8) is 0 Å². The van der Waals surface area contributed by atoms with E-state index in [9.17, 15) is 19.5 Å². The number of aliphatic hydroxyl groups excluding tert-OH is 1. The SMILES string of the molecule is CCCCC(C)(CO)CC=C[C@H]1CCC(=O)[C@@H]1CCCCCCC(=O)C(=O)OCC. The van der Waals surface area contributed by atoms with Crippen LogP contribution in [0.3, 0.4) is 0 Å². The topological polar surface area (TPSA) is 80.7 Å². The lowest BCUT2D eigenvalue weighted by Crippen LogP contribution is -2.20. The van der Waals surface area contributed by atoms with Gasteiger partial charge in [0.05, 0.1) is 6.61 Å². The Hall–Kier alpha value is -1.49. The van der Waals surface area contributed by atoms with Crippen molar-refractivity contribution in [3.8, 4) is 0 Å². The van der Waals surface area contributed by atoms with E-state index in [0.717, 1.165) is 57.8 Å². The summed E-state index contributed by atoms with van der Waals surface area (Å²) in [4.78, 5) is 35.2. The van der Waals surface area contributed by atoms with Crippen LogP contribution in [0.5, 0.6) is 0 Å².